The molecule has 1 aromatic carbocycles. The molecule has 2 amide bonds. The molecule has 1 aliphatic heterocycles. The molecule has 0 fully saturated rings. The molecule has 1 aliphatic rings. The van der Waals surface area contributed by atoms with E-state index in [0.717, 1.165) is 11.3 Å². The lowest BCUT2D eigenvalue weighted by Gasteiger charge is -2.05. The van der Waals surface area contributed by atoms with Crippen molar-refractivity contribution >= 4 is 23.2 Å². The van der Waals surface area contributed by atoms with Crippen molar-refractivity contribution in [2.75, 3.05) is 17.2 Å². The van der Waals surface area contributed by atoms with Crippen molar-refractivity contribution in [3.63, 3.8) is 0 Å². The molecule has 0 atom stereocenters. The Morgan fingerprint density at radius 3 is 3.06 bits per heavy atom. The highest BCUT2D eigenvalue weighted by Crippen LogP contribution is 2.25. The number of nitrogens with one attached hydrogen (secondary N) is 2. The van der Waals surface area contributed by atoms with Crippen molar-refractivity contribution in [2.45, 2.75) is 12.8 Å². The molecule has 0 unspecified atom stereocenters. The van der Waals surface area contributed by atoms with Crippen LogP contribution in [-0.2, 0) is 16.0 Å². The fourth-order valence-electron chi connectivity index (χ4n) is 1.66. The third-order valence-electron chi connectivity index (χ3n) is 2.39. The van der Waals surface area contributed by atoms with E-state index in [-0.39, 0.29) is 11.8 Å². The quantitative estimate of drug-likeness (QED) is 0.690. The van der Waals surface area contributed by atoms with Gasteiger partial charge in [-0.25, -0.2) is 0 Å². The Hall–Kier alpha value is -1.88. The monoisotopic (exact) mass is 219 g/mol. The van der Waals surface area contributed by atoms with Crippen molar-refractivity contribution < 1.29 is 9.59 Å². The van der Waals surface area contributed by atoms with Crippen LogP contribution in [0.1, 0.15) is 12.0 Å². The SMILES string of the molecule is NCCC(=O)Nc1ccc2c(c1)CC(=O)N2. The van der Waals surface area contributed by atoms with Gasteiger partial charge in [0.15, 0.2) is 0 Å². The second-order valence-electron chi connectivity index (χ2n) is 3.68. The molecule has 5 heteroatoms. The summed E-state index contributed by atoms with van der Waals surface area (Å²) in [6, 6.07) is 5.36. The molecular weight excluding hydrogens is 206 g/mol. The smallest absolute Gasteiger partial charge is 0.228 e. The number of amides is 2. The first-order valence-electron chi connectivity index (χ1n) is 5.12. The molecule has 16 heavy (non-hydrogen) atoms. The fraction of sp³-hybridized carbons (Fsp3) is 0.273. The standard InChI is InChI=1S/C11H13N3O2/c12-4-3-10(15)13-8-1-2-9-7(5-8)6-11(16)14-9/h1-2,5H,3-4,6,12H2,(H,13,15)(H,14,16). The average molecular weight is 219 g/mol. The Kier molecular flexibility index (Phi) is 2.87. The summed E-state index contributed by atoms with van der Waals surface area (Å²) < 4.78 is 0. The third kappa shape index (κ3) is 2.20. The Labute approximate surface area is 93.0 Å². The van der Waals surface area contributed by atoms with Crippen molar-refractivity contribution in [1.82, 2.24) is 0 Å². The summed E-state index contributed by atoms with van der Waals surface area (Å²) in [5.74, 6) is -0.125. The van der Waals surface area contributed by atoms with Crippen LogP contribution in [0.4, 0.5) is 11.4 Å². The van der Waals surface area contributed by atoms with E-state index in [2.05, 4.69) is 10.6 Å². The lowest BCUT2D eigenvalue weighted by Crippen LogP contribution is -2.16. The molecule has 1 heterocycles. The maximum atomic E-state index is 11.3. The van der Waals surface area contributed by atoms with Crippen LogP contribution in [0.3, 0.4) is 0 Å². The van der Waals surface area contributed by atoms with Gasteiger partial charge in [0, 0.05) is 24.3 Å². The molecule has 0 bridgehead atoms. The van der Waals surface area contributed by atoms with E-state index in [9.17, 15) is 9.59 Å². The largest absolute Gasteiger partial charge is 0.330 e. The number of benzene rings is 1. The zero-order chi connectivity index (χ0) is 11.5. The zero-order valence-electron chi connectivity index (χ0n) is 8.75. The second-order valence-corrected chi connectivity index (χ2v) is 3.68. The summed E-state index contributed by atoms with van der Waals surface area (Å²) in [5, 5.41) is 5.46. The van der Waals surface area contributed by atoms with E-state index >= 15 is 0 Å². The molecule has 0 aliphatic carbocycles. The summed E-state index contributed by atoms with van der Waals surface area (Å²) in [6.07, 6.45) is 0.671. The van der Waals surface area contributed by atoms with Crippen molar-refractivity contribution in [3.8, 4) is 0 Å². The average Bonchev–Trinajstić information content (AvgIpc) is 2.57. The van der Waals surface area contributed by atoms with E-state index in [0.29, 0.717) is 25.1 Å². The van der Waals surface area contributed by atoms with Gasteiger partial charge in [-0.05, 0) is 23.8 Å². The maximum absolute atomic E-state index is 11.3. The Bertz CT molecular complexity index is 443. The van der Waals surface area contributed by atoms with Gasteiger partial charge in [-0.15, -0.1) is 0 Å². The first-order valence-corrected chi connectivity index (χ1v) is 5.12. The number of fused-ring (bicyclic) bond motifs is 1. The van der Waals surface area contributed by atoms with Crippen LogP contribution < -0.4 is 16.4 Å². The van der Waals surface area contributed by atoms with E-state index < -0.39 is 0 Å². The molecule has 0 saturated carbocycles. The van der Waals surface area contributed by atoms with Gasteiger partial charge < -0.3 is 16.4 Å². The molecule has 0 radical (unpaired) electrons. The molecule has 4 N–H and O–H groups in total. The van der Waals surface area contributed by atoms with Crippen molar-refractivity contribution in [1.29, 1.82) is 0 Å². The van der Waals surface area contributed by atoms with Gasteiger partial charge in [0.2, 0.25) is 11.8 Å². The molecule has 0 spiro atoms. The summed E-state index contributed by atoms with van der Waals surface area (Å²) in [6.45, 7) is 0.330. The Morgan fingerprint density at radius 1 is 1.50 bits per heavy atom. The zero-order valence-corrected chi connectivity index (χ0v) is 8.75. The number of hydrogen-bond acceptors (Lipinski definition) is 3. The first-order chi connectivity index (χ1) is 7.69. The topological polar surface area (TPSA) is 84.2 Å². The van der Waals surface area contributed by atoms with E-state index in [4.69, 9.17) is 5.73 Å². The second kappa shape index (κ2) is 4.32. The number of hydrogen-bond donors (Lipinski definition) is 3. The van der Waals surface area contributed by atoms with Crippen LogP contribution in [0.15, 0.2) is 18.2 Å². The minimum atomic E-state index is -0.111. The molecule has 5 nitrogen and oxygen atoms in total. The van der Waals surface area contributed by atoms with Crippen molar-refractivity contribution in [3.05, 3.63) is 23.8 Å². The van der Waals surface area contributed by atoms with E-state index in [1.54, 1.807) is 12.1 Å². The van der Waals surface area contributed by atoms with Gasteiger partial charge in [0.25, 0.3) is 0 Å². The van der Waals surface area contributed by atoms with Crippen LogP contribution in [0.2, 0.25) is 0 Å². The van der Waals surface area contributed by atoms with Crippen LogP contribution in [0.25, 0.3) is 0 Å². The highest BCUT2D eigenvalue weighted by molar-refractivity contribution is 6.00. The minimum absolute atomic E-state index is 0.0135. The number of nitrogens with two attached hydrogens (primary N) is 1. The van der Waals surface area contributed by atoms with Gasteiger partial charge in [0.05, 0.1) is 6.42 Å². The van der Waals surface area contributed by atoms with Crippen molar-refractivity contribution in [2.24, 2.45) is 5.73 Å². The lowest BCUT2D eigenvalue weighted by molar-refractivity contribution is -0.116. The summed E-state index contributed by atoms with van der Waals surface area (Å²) in [4.78, 5) is 22.4. The summed E-state index contributed by atoms with van der Waals surface area (Å²) in [7, 11) is 0. The summed E-state index contributed by atoms with van der Waals surface area (Å²) >= 11 is 0. The highest BCUT2D eigenvalue weighted by atomic mass is 16.2. The number of carbonyl (C=O) groups is 2. The molecule has 1 aromatic rings. The van der Waals surface area contributed by atoms with Gasteiger partial charge in [-0.1, -0.05) is 0 Å². The Morgan fingerprint density at radius 2 is 2.31 bits per heavy atom. The maximum Gasteiger partial charge on any atom is 0.228 e. The minimum Gasteiger partial charge on any atom is -0.330 e. The molecule has 84 valence electrons. The highest BCUT2D eigenvalue weighted by Gasteiger charge is 2.17. The van der Waals surface area contributed by atoms with Gasteiger partial charge in [-0.3, -0.25) is 9.59 Å². The lowest BCUT2D eigenvalue weighted by atomic mass is 10.1. The van der Waals surface area contributed by atoms with E-state index in [1.165, 1.54) is 0 Å². The van der Waals surface area contributed by atoms with Gasteiger partial charge in [0.1, 0.15) is 0 Å². The predicted octanol–water partition coefficient (Wildman–Crippen LogP) is 0.469. The van der Waals surface area contributed by atoms with E-state index in [1.807, 2.05) is 6.07 Å². The third-order valence-corrected chi connectivity index (χ3v) is 2.39. The molecule has 0 aromatic heterocycles. The molecular formula is C11H13N3O2. The molecule has 2 rings (SSSR count). The summed E-state index contributed by atoms with van der Waals surface area (Å²) in [5.41, 5.74) is 7.71. The van der Waals surface area contributed by atoms with Gasteiger partial charge in [-0.2, -0.15) is 0 Å². The van der Waals surface area contributed by atoms with Crippen LogP contribution in [0.5, 0.6) is 0 Å². The van der Waals surface area contributed by atoms with Crippen LogP contribution >= 0.6 is 0 Å². The predicted molar refractivity (Wildman–Crippen MR) is 61.1 cm³/mol. The first kappa shape index (κ1) is 10.6. The molecule has 0 saturated heterocycles. The normalized spacial score (nSPS) is 13.2. The fourth-order valence-corrected chi connectivity index (χ4v) is 1.66. The number of carbonyl (C=O) groups excluding carboxylic acids is 2. The van der Waals surface area contributed by atoms with Crippen LogP contribution in [0, 0.1) is 0 Å². The van der Waals surface area contributed by atoms with Gasteiger partial charge >= 0.3 is 0 Å². The number of anilines is 2. The van der Waals surface area contributed by atoms with Crippen LogP contribution in [-0.4, -0.2) is 18.4 Å². The number of rotatable bonds is 3. The Balaban J connectivity index is 2.10.